The van der Waals surface area contributed by atoms with E-state index in [1.165, 1.54) is 19.3 Å². The summed E-state index contributed by atoms with van der Waals surface area (Å²) in [7, 11) is 0. The Hall–Kier alpha value is -1.51. The molecule has 1 aliphatic rings. The number of amides is 1. The standard InChI is InChI=1S/C15H22N2O/c1-3-12-8-9-17(11(2)10-12)14-7-5-4-6-13(14)15(16)18/h4-7,11-12H,3,8-10H2,1-2H3,(H2,16,18). The second-order valence-corrected chi connectivity index (χ2v) is 5.22. The number of nitrogens with two attached hydrogens (primary N) is 1. The van der Waals surface area contributed by atoms with Crippen LogP contribution in [0.2, 0.25) is 0 Å². The van der Waals surface area contributed by atoms with Gasteiger partial charge in [0.25, 0.3) is 5.91 Å². The van der Waals surface area contributed by atoms with E-state index in [1.54, 1.807) is 0 Å². The van der Waals surface area contributed by atoms with Crippen molar-refractivity contribution in [3.63, 3.8) is 0 Å². The van der Waals surface area contributed by atoms with E-state index in [4.69, 9.17) is 5.73 Å². The first-order chi connectivity index (χ1) is 8.63. The van der Waals surface area contributed by atoms with Gasteiger partial charge in [0.15, 0.2) is 0 Å². The minimum atomic E-state index is -0.338. The molecule has 18 heavy (non-hydrogen) atoms. The predicted molar refractivity (Wildman–Crippen MR) is 74.8 cm³/mol. The highest BCUT2D eigenvalue weighted by atomic mass is 16.1. The topological polar surface area (TPSA) is 46.3 Å². The van der Waals surface area contributed by atoms with Gasteiger partial charge in [0.1, 0.15) is 0 Å². The van der Waals surface area contributed by atoms with E-state index in [1.807, 2.05) is 24.3 Å². The largest absolute Gasteiger partial charge is 0.368 e. The molecule has 2 unspecified atom stereocenters. The molecule has 3 nitrogen and oxygen atoms in total. The maximum absolute atomic E-state index is 11.5. The van der Waals surface area contributed by atoms with Gasteiger partial charge in [-0.05, 0) is 37.8 Å². The van der Waals surface area contributed by atoms with Crippen LogP contribution in [0, 0.1) is 5.92 Å². The summed E-state index contributed by atoms with van der Waals surface area (Å²) in [6, 6.07) is 8.14. The molecule has 1 heterocycles. The Bertz CT molecular complexity index is 430. The lowest BCUT2D eigenvalue weighted by Gasteiger charge is -2.39. The molecule has 3 heteroatoms. The van der Waals surface area contributed by atoms with E-state index >= 15 is 0 Å². The van der Waals surface area contributed by atoms with Crippen molar-refractivity contribution in [1.82, 2.24) is 0 Å². The van der Waals surface area contributed by atoms with E-state index in [-0.39, 0.29) is 5.91 Å². The number of benzene rings is 1. The van der Waals surface area contributed by atoms with Crippen LogP contribution in [-0.2, 0) is 0 Å². The molecule has 1 aromatic carbocycles. The van der Waals surface area contributed by atoms with Crippen molar-refractivity contribution in [2.75, 3.05) is 11.4 Å². The zero-order valence-electron chi connectivity index (χ0n) is 11.2. The van der Waals surface area contributed by atoms with E-state index in [9.17, 15) is 4.79 Å². The van der Waals surface area contributed by atoms with Crippen LogP contribution in [0.5, 0.6) is 0 Å². The summed E-state index contributed by atoms with van der Waals surface area (Å²) in [6.07, 6.45) is 3.65. The van der Waals surface area contributed by atoms with Gasteiger partial charge in [-0.1, -0.05) is 25.5 Å². The number of hydrogen-bond donors (Lipinski definition) is 1. The van der Waals surface area contributed by atoms with Crippen molar-refractivity contribution < 1.29 is 4.79 Å². The highest BCUT2D eigenvalue weighted by molar-refractivity contribution is 5.98. The number of primary amides is 1. The first kappa shape index (κ1) is 12.9. The molecule has 0 aromatic heterocycles. The first-order valence-electron chi connectivity index (χ1n) is 6.79. The molecule has 2 atom stereocenters. The Kier molecular flexibility index (Phi) is 3.90. The summed E-state index contributed by atoms with van der Waals surface area (Å²) >= 11 is 0. The molecular formula is C15H22N2O. The van der Waals surface area contributed by atoms with Crippen LogP contribution in [0.1, 0.15) is 43.5 Å². The van der Waals surface area contributed by atoms with Gasteiger partial charge in [0.2, 0.25) is 0 Å². The van der Waals surface area contributed by atoms with Crippen LogP contribution in [-0.4, -0.2) is 18.5 Å². The molecule has 1 fully saturated rings. The van der Waals surface area contributed by atoms with Gasteiger partial charge in [-0.3, -0.25) is 4.79 Å². The molecule has 0 bridgehead atoms. The molecule has 0 saturated carbocycles. The number of nitrogens with zero attached hydrogens (tertiary/aromatic N) is 1. The Labute approximate surface area is 109 Å². The minimum Gasteiger partial charge on any atom is -0.368 e. The molecule has 0 radical (unpaired) electrons. The summed E-state index contributed by atoms with van der Waals surface area (Å²) in [6.45, 7) is 5.51. The number of rotatable bonds is 3. The molecule has 1 saturated heterocycles. The van der Waals surface area contributed by atoms with Crippen molar-refractivity contribution >= 4 is 11.6 Å². The SMILES string of the molecule is CCC1CCN(c2ccccc2C(N)=O)C(C)C1. The van der Waals surface area contributed by atoms with Crippen molar-refractivity contribution in [2.24, 2.45) is 11.7 Å². The van der Waals surface area contributed by atoms with Gasteiger partial charge < -0.3 is 10.6 Å². The van der Waals surface area contributed by atoms with E-state index in [0.717, 1.165) is 18.2 Å². The average molecular weight is 246 g/mol. The fourth-order valence-electron chi connectivity index (χ4n) is 2.93. The number of carbonyl (C=O) groups is 1. The van der Waals surface area contributed by atoms with Gasteiger partial charge in [0.05, 0.1) is 5.56 Å². The lowest BCUT2D eigenvalue weighted by Crippen LogP contribution is -2.41. The Morgan fingerprint density at radius 3 is 2.78 bits per heavy atom. The maximum Gasteiger partial charge on any atom is 0.250 e. The number of para-hydroxylation sites is 1. The van der Waals surface area contributed by atoms with Crippen LogP contribution < -0.4 is 10.6 Å². The quantitative estimate of drug-likeness (QED) is 0.891. The Balaban J connectivity index is 2.24. The van der Waals surface area contributed by atoms with E-state index in [2.05, 4.69) is 18.7 Å². The van der Waals surface area contributed by atoms with Gasteiger partial charge in [-0.15, -0.1) is 0 Å². The normalized spacial score (nSPS) is 24.0. The molecule has 98 valence electrons. The second kappa shape index (κ2) is 5.42. The molecule has 0 spiro atoms. The highest BCUT2D eigenvalue weighted by Gasteiger charge is 2.26. The van der Waals surface area contributed by atoms with Crippen LogP contribution >= 0.6 is 0 Å². The summed E-state index contributed by atoms with van der Waals surface area (Å²) in [5.74, 6) is 0.479. The average Bonchev–Trinajstić information content (AvgIpc) is 2.38. The third-order valence-electron chi connectivity index (χ3n) is 4.04. The number of anilines is 1. The molecule has 1 amide bonds. The lowest BCUT2D eigenvalue weighted by atomic mass is 9.89. The summed E-state index contributed by atoms with van der Waals surface area (Å²) < 4.78 is 0. The van der Waals surface area contributed by atoms with Crippen molar-refractivity contribution in [1.29, 1.82) is 0 Å². The fraction of sp³-hybridized carbons (Fsp3) is 0.533. The van der Waals surface area contributed by atoms with Gasteiger partial charge in [0, 0.05) is 18.3 Å². The molecule has 0 aliphatic carbocycles. The fourth-order valence-corrected chi connectivity index (χ4v) is 2.93. The third-order valence-corrected chi connectivity index (χ3v) is 4.04. The minimum absolute atomic E-state index is 0.338. The van der Waals surface area contributed by atoms with Crippen LogP contribution in [0.4, 0.5) is 5.69 Å². The zero-order valence-corrected chi connectivity index (χ0v) is 11.2. The van der Waals surface area contributed by atoms with Crippen LogP contribution in [0.15, 0.2) is 24.3 Å². The van der Waals surface area contributed by atoms with Crippen molar-refractivity contribution in [3.8, 4) is 0 Å². The van der Waals surface area contributed by atoms with E-state index in [0.29, 0.717) is 11.6 Å². The molecule has 1 aliphatic heterocycles. The lowest BCUT2D eigenvalue weighted by molar-refractivity contribution is 0.100. The summed E-state index contributed by atoms with van der Waals surface area (Å²) in [5, 5.41) is 0. The molecule has 2 N–H and O–H groups in total. The van der Waals surface area contributed by atoms with Crippen molar-refractivity contribution in [2.45, 2.75) is 39.2 Å². The zero-order chi connectivity index (χ0) is 13.1. The van der Waals surface area contributed by atoms with Crippen LogP contribution in [0.25, 0.3) is 0 Å². The third kappa shape index (κ3) is 2.50. The Morgan fingerprint density at radius 1 is 1.44 bits per heavy atom. The number of piperidine rings is 1. The Morgan fingerprint density at radius 2 is 2.17 bits per heavy atom. The summed E-state index contributed by atoms with van der Waals surface area (Å²) in [5.41, 5.74) is 7.09. The predicted octanol–water partition coefficient (Wildman–Crippen LogP) is 2.80. The first-order valence-corrected chi connectivity index (χ1v) is 6.79. The number of hydrogen-bond acceptors (Lipinski definition) is 2. The van der Waals surface area contributed by atoms with Crippen LogP contribution in [0.3, 0.4) is 0 Å². The number of carbonyl (C=O) groups excluding carboxylic acids is 1. The van der Waals surface area contributed by atoms with E-state index < -0.39 is 0 Å². The monoisotopic (exact) mass is 246 g/mol. The second-order valence-electron chi connectivity index (χ2n) is 5.22. The smallest absolute Gasteiger partial charge is 0.250 e. The van der Waals surface area contributed by atoms with Crippen molar-refractivity contribution in [3.05, 3.63) is 29.8 Å². The van der Waals surface area contributed by atoms with Gasteiger partial charge >= 0.3 is 0 Å². The maximum atomic E-state index is 11.5. The highest BCUT2D eigenvalue weighted by Crippen LogP contribution is 2.31. The van der Waals surface area contributed by atoms with Gasteiger partial charge in [-0.2, -0.15) is 0 Å². The molecule has 1 aromatic rings. The summed E-state index contributed by atoms with van der Waals surface area (Å²) in [4.78, 5) is 13.8. The molecular weight excluding hydrogens is 224 g/mol. The van der Waals surface area contributed by atoms with Gasteiger partial charge in [-0.25, -0.2) is 0 Å². The molecule has 2 rings (SSSR count).